The van der Waals surface area contributed by atoms with Crippen molar-refractivity contribution in [1.29, 1.82) is 0 Å². The molecule has 15 heavy (non-hydrogen) atoms. The number of carbonyl (C=O) groups excluding carboxylic acids is 1. The molecule has 0 spiro atoms. The van der Waals surface area contributed by atoms with E-state index in [1.807, 2.05) is 20.8 Å². The van der Waals surface area contributed by atoms with Crippen LogP contribution in [0.5, 0.6) is 0 Å². The molecule has 4 heteroatoms. The quantitative estimate of drug-likeness (QED) is 0.696. The van der Waals surface area contributed by atoms with Gasteiger partial charge in [-0.1, -0.05) is 0 Å². The maximum atomic E-state index is 11.7. The van der Waals surface area contributed by atoms with E-state index in [9.17, 15) is 4.79 Å². The lowest BCUT2D eigenvalue weighted by molar-refractivity contribution is -0.118. The first-order valence-electron chi connectivity index (χ1n) is 5.28. The van der Waals surface area contributed by atoms with Gasteiger partial charge in [-0.25, -0.2) is 9.97 Å². The van der Waals surface area contributed by atoms with Crippen LogP contribution in [0.1, 0.15) is 30.4 Å². The molecule has 0 saturated carbocycles. The predicted octanol–water partition coefficient (Wildman–Crippen LogP) is 1.39. The summed E-state index contributed by atoms with van der Waals surface area (Å²) in [5.74, 6) is 1.72. The first kappa shape index (κ1) is 10.1. The number of fused-ring (bicyclic) bond motifs is 1. The van der Waals surface area contributed by atoms with Crippen molar-refractivity contribution < 1.29 is 4.79 Å². The van der Waals surface area contributed by atoms with Gasteiger partial charge in [0.05, 0.1) is 0 Å². The molecule has 1 aromatic heterocycles. The molecule has 0 aliphatic carbocycles. The van der Waals surface area contributed by atoms with Crippen molar-refractivity contribution in [3.8, 4) is 0 Å². The molecule has 0 unspecified atom stereocenters. The van der Waals surface area contributed by atoms with Gasteiger partial charge in [0.25, 0.3) is 0 Å². The highest BCUT2D eigenvalue weighted by Crippen LogP contribution is 2.27. The van der Waals surface area contributed by atoms with Crippen molar-refractivity contribution in [3.63, 3.8) is 0 Å². The molecule has 0 radical (unpaired) electrons. The average molecular weight is 205 g/mol. The van der Waals surface area contributed by atoms with Gasteiger partial charge in [0, 0.05) is 24.2 Å². The number of rotatable bonds is 1. The van der Waals surface area contributed by atoms with Crippen molar-refractivity contribution in [1.82, 2.24) is 9.97 Å². The molecule has 1 aliphatic rings. The van der Waals surface area contributed by atoms with Crippen LogP contribution in [-0.4, -0.2) is 22.4 Å². The number of nitrogens with zero attached hydrogens (tertiary/aromatic N) is 3. The standard InChI is InChI=1S/C11H15N3O/c1-4-14-10(15)6-5-9-7(2)12-8(3)13-11(9)14/h4-6H2,1-3H3. The molecule has 80 valence electrons. The van der Waals surface area contributed by atoms with Crippen LogP contribution < -0.4 is 4.90 Å². The molecule has 0 N–H and O–H groups in total. The fraction of sp³-hybridized carbons (Fsp3) is 0.545. The minimum absolute atomic E-state index is 0.169. The van der Waals surface area contributed by atoms with E-state index in [1.165, 1.54) is 0 Å². The molecule has 2 rings (SSSR count). The van der Waals surface area contributed by atoms with Crippen molar-refractivity contribution in [2.24, 2.45) is 0 Å². The molecule has 0 bridgehead atoms. The van der Waals surface area contributed by atoms with Gasteiger partial charge in [0.2, 0.25) is 5.91 Å². The van der Waals surface area contributed by atoms with E-state index in [4.69, 9.17) is 0 Å². The number of hydrogen-bond acceptors (Lipinski definition) is 3. The molecule has 4 nitrogen and oxygen atoms in total. The van der Waals surface area contributed by atoms with Crippen LogP contribution in [0, 0.1) is 13.8 Å². The molecule has 1 amide bonds. The molecule has 0 fully saturated rings. The third-order valence-corrected chi connectivity index (χ3v) is 2.77. The van der Waals surface area contributed by atoms with Crippen LogP contribution in [-0.2, 0) is 11.2 Å². The SMILES string of the molecule is CCN1C(=O)CCc2c(C)nc(C)nc21. The summed E-state index contributed by atoms with van der Waals surface area (Å²) in [7, 11) is 0. The number of anilines is 1. The molecule has 2 heterocycles. The molecule has 1 aliphatic heterocycles. The van der Waals surface area contributed by atoms with Gasteiger partial charge < -0.3 is 0 Å². The Bertz CT molecular complexity index is 415. The van der Waals surface area contributed by atoms with Crippen molar-refractivity contribution in [2.45, 2.75) is 33.6 Å². The highest BCUT2D eigenvalue weighted by atomic mass is 16.2. The zero-order valence-corrected chi connectivity index (χ0v) is 9.37. The smallest absolute Gasteiger partial charge is 0.228 e. The lowest BCUT2D eigenvalue weighted by Crippen LogP contribution is -2.36. The summed E-state index contributed by atoms with van der Waals surface area (Å²) in [5, 5.41) is 0. The van der Waals surface area contributed by atoms with Gasteiger partial charge in [0.15, 0.2) is 0 Å². The van der Waals surface area contributed by atoms with E-state index in [1.54, 1.807) is 4.90 Å². The van der Waals surface area contributed by atoms with E-state index in [0.29, 0.717) is 13.0 Å². The summed E-state index contributed by atoms with van der Waals surface area (Å²) in [5.41, 5.74) is 2.13. The largest absolute Gasteiger partial charge is 0.297 e. The van der Waals surface area contributed by atoms with Gasteiger partial charge in [-0.05, 0) is 27.2 Å². The van der Waals surface area contributed by atoms with Gasteiger partial charge in [-0.2, -0.15) is 0 Å². The molecular formula is C11H15N3O. The van der Waals surface area contributed by atoms with Crippen LogP contribution >= 0.6 is 0 Å². The van der Waals surface area contributed by atoms with E-state index in [0.717, 1.165) is 29.3 Å². The van der Waals surface area contributed by atoms with E-state index < -0.39 is 0 Å². The Kier molecular flexibility index (Phi) is 2.42. The van der Waals surface area contributed by atoms with Gasteiger partial charge >= 0.3 is 0 Å². The second-order valence-electron chi connectivity index (χ2n) is 3.80. The Morgan fingerprint density at radius 2 is 2.00 bits per heavy atom. The van der Waals surface area contributed by atoms with Crippen LogP contribution in [0.3, 0.4) is 0 Å². The van der Waals surface area contributed by atoms with E-state index in [2.05, 4.69) is 9.97 Å². The topological polar surface area (TPSA) is 46.1 Å². The summed E-state index contributed by atoms with van der Waals surface area (Å²) in [4.78, 5) is 22.1. The lowest BCUT2D eigenvalue weighted by atomic mass is 10.0. The maximum absolute atomic E-state index is 11.7. The van der Waals surface area contributed by atoms with Crippen molar-refractivity contribution in [2.75, 3.05) is 11.4 Å². The first-order chi connectivity index (χ1) is 7.13. The Morgan fingerprint density at radius 3 is 2.67 bits per heavy atom. The van der Waals surface area contributed by atoms with Crippen LogP contribution in [0.25, 0.3) is 0 Å². The Balaban J connectivity index is 2.57. The molecule has 1 aromatic rings. The highest BCUT2D eigenvalue weighted by molar-refractivity contribution is 5.95. The third-order valence-electron chi connectivity index (χ3n) is 2.77. The molecular weight excluding hydrogens is 190 g/mol. The van der Waals surface area contributed by atoms with Gasteiger partial charge in [0.1, 0.15) is 11.6 Å². The number of hydrogen-bond donors (Lipinski definition) is 0. The summed E-state index contributed by atoms with van der Waals surface area (Å²) >= 11 is 0. The number of aromatic nitrogens is 2. The summed E-state index contributed by atoms with van der Waals surface area (Å²) < 4.78 is 0. The zero-order chi connectivity index (χ0) is 11.0. The summed E-state index contributed by atoms with van der Waals surface area (Å²) in [6.45, 7) is 6.50. The van der Waals surface area contributed by atoms with E-state index in [-0.39, 0.29) is 5.91 Å². The number of carbonyl (C=O) groups is 1. The molecule has 0 saturated heterocycles. The minimum atomic E-state index is 0.169. The normalized spacial score (nSPS) is 15.4. The maximum Gasteiger partial charge on any atom is 0.228 e. The Morgan fingerprint density at radius 1 is 1.27 bits per heavy atom. The van der Waals surface area contributed by atoms with Gasteiger partial charge in [-0.15, -0.1) is 0 Å². The fourth-order valence-electron chi connectivity index (χ4n) is 2.04. The fourth-order valence-corrected chi connectivity index (χ4v) is 2.04. The Labute approximate surface area is 89.3 Å². The lowest BCUT2D eigenvalue weighted by Gasteiger charge is -2.27. The second kappa shape index (κ2) is 3.61. The zero-order valence-electron chi connectivity index (χ0n) is 9.37. The summed E-state index contributed by atoms with van der Waals surface area (Å²) in [6, 6.07) is 0. The first-order valence-corrected chi connectivity index (χ1v) is 5.28. The summed E-state index contributed by atoms with van der Waals surface area (Å²) in [6.07, 6.45) is 1.35. The second-order valence-corrected chi connectivity index (χ2v) is 3.80. The number of amides is 1. The number of aryl methyl sites for hydroxylation is 2. The van der Waals surface area contributed by atoms with Crippen molar-refractivity contribution in [3.05, 3.63) is 17.1 Å². The average Bonchev–Trinajstić information content (AvgIpc) is 2.17. The Hall–Kier alpha value is -1.45. The molecule has 0 aromatic carbocycles. The highest BCUT2D eigenvalue weighted by Gasteiger charge is 2.25. The van der Waals surface area contributed by atoms with Crippen LogP contribution in [0.4, 0.5) is 5.82 Å². The minimum Gasteiger partial charge on any atom is -0.297 e. The molecule has 0 atom stereocenters. The van der Waals surface area contributed by atoms with Gasteiger partial charge in [-0.3, -0.25) is 9.69 Å². The predicted molar refractivity (Wildman–Crippen MR) is 57.9 cm³/mol. The third kappa shape index (κ3) is 1.60. The van der Waals surface area contributed by atoms with Crippen molar-refractivity contribution >= 4 is 11.7 Å². The van der Waals surface area contributed by atoms with Crippen LogP contribution in [0.2, 0.25) is 0 Å². The van der Waals surface area contributed by atoms with E-state index >= 15 is 0 Å². The monoisotopic (exact) mass is 205 g/mol. The van der Waals surface area contributed by atoms with Crippen LogP contribution in [0.15, 0.2) is 0 Å².